The van der Waals surface area contributed by atoms with Crippen molar-refractivity contribution in [1.29, 1.82) is 0 Å². The third-order valence-corrected chi connectivity index (χ3v) is 5.92. The molecule has 2 unspecified atom stereocenters. The van der Waals surface area contributed by atoms with E-state index < -0.39 is 0 Å². The van der Waals surface area contributed by atoms with E-state index in [-0.39, 0.29) is 23.8 Å². The van der Waals surface area contributed by atoms with Gasteiger partial charge in [0.25, 0.3) is 0 Å². The van der Waals surface area contributed by atoms with E-state index in [1.807, 2.05) is 13.8 Å². The van der Waals surface area contributed by atoms with E-state index in [4.69, 9.17) is 9.47 Å². The Bertz CT molecular complexity index is 433. The standard InChI is InChI=1S/C25H46O4/c1-4-5-6-7-8-9-10-11-12-13-16-19-28-24(26)22-17-14-15-18-23(22)25(27)29-20-21(2)3/h21-23H,4-20H2,1-3H3. The van der Waals surface area contributed by atoms with Crippen LogP contribution in [0.15, 0.2) is 0 Å². The number of unbranched alkanes of at least 4 members (excludes halogenated alkanes) is 10. The van der Waals surface area contributed by atoms with Crippen LogP contribution in [-0.4, -0.2) is 25.2 Å². The van der Waals surface area contributed by atoms with Gasteiger partial charge in [0.15, 0.2) is 0 Å². The van der Waals surface area contributed by atoms with Crippen molar-refractivity contribution in [2.45, 2.75) is 117 Å². The topological polar surface area (TPSA) is 52.6 Å². The molecule has 0 bridgehead atoms. The highest BCUT2D eigenvalue weighted by Crippen LogP contribution is 2.32. The molecule has 1 aliphatic rings. The second-order valence-electron chi connectivity index (χ2n) is 9.22. The lowest BCUT2D eigenvalue weighted by Crippen LogP contribution is -2.35. The molecule has 2 atom stereocenters. The first-order chi connectivity index (χ1) is 14.1. The van der Waals surface area contributed by atoms with Gasteiger partial charge in [0.2, 0.25) is 0 Å². The minimum Gasteiger partial charge on any atom is -0.465 e. The fraction of sp³-hybridized carbons (Fsp3) is 0.920. The highest BCUT2D eigenvalue weighted by molar-refractivity contribution is 5.82. The molecule has 29 heavy (non-hydrogen) atoms. The van der Waals surface area contributed by atoms with Gasteiger partial charge < -0.3 is 9.47 Å². The van der Waals surface area contributed by atoms with Gasteiger partial charge in [-0.2, -0.15) is 0 Å². The molecular formula is C25H46O4. The minimum atomic E-state index is -0.313. The fourth-order valence-corrected chi connectivity index (χ4v) is 4.10. The highest BCUT2D eigenvalue weighted by Gasteiger charge is 2.37. The lowest BCUT2D eigenvalue weighted by Gasteiger charge is -2.28. The first-order valence-corrected chi connectivity index (χ1v) is 12.4. The Labute approximate surface area is 179 Å². The van der Waals surface area contributed by atoms with Gasteiger partial charge in [-0.25, -0.2) is 0 Å². The van der Waals surface area contributed by atoms with Crippen LogP contribution < -0.4 is 0 Å². The number of rotatable bonds is 16. The molecular weight excluding hydrogens is 364 g/mol. The summed E-state index contributed by atoms with van der Waals surface area (Å²) in [6.07, 6.45) is 17.6. The Kier molecular flexibility index (Phi) is 15.0. The molecule has 1 saturated carbocycles. The van der Waals surface area contributed by atoms with Crippen molar-refractivity contribution in [2.24, 2.45) is 17.8 Å². The Morgan fingerprint density at radius 3 is 1.66 bits per heavy atom. The van der Waals surface area contributed by atoms with Crippen molar-refractivity contribution in [2.75, 3.05) is 13.2 Å². The average Bonchev–Trinajstić information content (AvgIpc) is 2.72. The quantitative estimate of drug-likeness (QED) is 0.206. The lowest BCUT2D eigenvalue weighted by atomic mass is 9.79. The summed E-state index contributed by atoms with van der Waals surface area (Å²) in [6.45, 7) is 7.21. The Morgan fingerprint density at radius 1 is 0.724 bits per heavy atom. The van der Waals surface area contributed by atoms with Gasteiger partial charge in [0.05, 0.1) is 25.0 Å². The molecule has 1 aliphatic carbocycles. The molecule has 0 radical (unpaired) electrons. The van der Waals surface area contributed by atoms with Crippen LogP contribution in [0.25, 0.3) is 0 Å². The van der Waals surface area contributed by atoms with Gasteiger partial charge in [0, 0.05) is 0 Å². The van der Waals surface area contributed by atoms with Crippen molar-refractivity contribution < 1.29 is 19.1 Å². The summed E-state index contributed by atoms with van der Waals surface area (Å²) in [4.78, 5) is 24.9. The predicted molar refractivity (Wildman–Crippen MR) is 119 cm³/mol. The van der Waals surface area contributed by atoms with E-state index in [9.17, 15) is 9.59 Å². The molecule has 0 aromatic heterocycles. The van der Waals surface area contributed by atoms with Crippen molar-refractivity contribution >= 4 is 11.9 Å². The first-order valence-electron chi connectivity index (χ1n) is 12.4. The van der Waals surface area contributed by atoms with Crippen molar-refractivity contribution in [3.63, 3.8) is 0 Å². The maximum absolute atomic E-state index is 12.5. The summed E-state index contributed by atoms with van der Waals surface area (Å²) in [7, 11) is 0. The molecule has 4 heteroatoms. The Hall–Kier alpha value is -1.06. The Balaban J connectivity index is 2.11. The van der Waals surface area contributed by atoms with E-state index in [2.05, 4.69) is 6.92 Å². The summed E-state index contributed by atoms with van der Waals surface area (Å²) < 4.78 is 10.9. The van der Waals surface area contributed by atoms with E-state index in [1.165, 1.54) is 57.8 Å². The van der Waals surface area contributed by atoms with Crippen molar-refractivity contribution in [3.8, 4) is 0 Å². The second-order valence-corrected chi connectivity index (χ2v) is 9.22. The van der Waals surface area contributed by atoms with Crippen molar-refractivity contribution in [3.05, 3.63) is 0 Å². The molecule has 0 spiro atoms. The van der Waals surface area contributed by atoms with E-state index in [0.29, 0.717) is 19.1 Å². The summed E-state index contributed by atoms with van der Waals surface area (Å²) in [6, 6.07) is 0. The summed E-state index contributed by atoms with van der Waals surface area (Å²) in [5, 5.41) is 0. The third-order valence-electron chi connectivity index (χ3n) is 5.92. The number of carbonyl (C=O) groups is 2. The van der Waals surface area contributed by atoms with E-state index in [0.717, 1.165) is 38.5 Å². The molecule has 0 aromatic rings. The monoisotopic (exact) mass is 410 g/mol. The van der Waals surface area contributed by atoms with Gasteiger partial charge >= 0.3 is 11.9 Å². The molecule has 0 N–H and O–H groups in total. The normalized spacial score (nSPS) is 19.3. The van der Waals surface area contributed by atoms with Crippen LogP contribution in [0.1, 0.15) is 117 Å². The lowest BCUT2D eigenvalue weighted by molar-refractivity contribution is -0.163. The molecule has 1 fully saturated rings. The maximum atomic E-state index is 12.5. The zero-order chi connectivity index (χ0) is 21.3. The number of hydrogen-bond donors (Lipinski definition) is 0. The van der Waals surface area contributed by atoms with Crippen LogP contribution in [0.2, 0.25) is 0 Å². The third kappa shape index (κ3) is 12.3. The average molecular weight is 411 g/mol. The van der Waals surface area contributed by atoms with Gasteiger partial charge in [-0.3, -0.25) is 9.59 Å². The molecule has 170 valence electrons. The Morgan fingerprint density at radius 2 is 1.17 bits per heavy atom. The highest BCUT2D eigenvalue weighted by atomic mass is 16.5. The largest absolute Gasteiger partial charge is 0.465 e. The van der Waals surface area contributed by atoms with E-state index >= 15 is 0 Å². The molecule has 4 nitrogen and oxygen atoms in total. The summed E-state index contributed by atoms with van der Waals surface area (Å²) in [5.41, 5.74) is 0. The fourth-order valence-electron chi connectivity index (χ4n) is 4.10. The van der Waals surface area contributed by atoms with Gasteiger partial charge in [0.1, 0.15) is 0 Å². The molecule has 0 aromatic carbocycles. The van der Waals surface area contributed by atoms with Crippen LogP contribution in [-0.2, 0) is 19.1 Å². The van der Waals surface area contributed by atoms with Crippen LogP contribution >= 0.6 is 0 Å². The maximum Gasteiger partial charge on any atom is 0.309 e. The zero-order valence-corrected chi connectivity index (χ0v) is 19.4. The summed E-state index contributed by atoms with van der Waals surface area (Å²) >= 11 is 0. The number of esters is 2. The van der Waals surface area contributed by atoms with Gasteiger partial charge in [-0.1, -0.05) is 97.8 Å². The van der Waals surface area contributed by atoms with Crippen LogP contribution in [0.4, 0.5) is 0 Å². The van der Waals surface area contributed by atoms with E-state index in [1.54, 1.807) is 0 Å². The van der Waals surface area contributed by atoms with Crippen LogP contribution in [0.5, 0.6) is 0 Å². The summed E-state index contributed by atoms with van der Waals surface area (Å²) in [5.74, 6) is -0.712. The number of ether oxygens (including phenoxy) is 2. The predicted octanol–water partition coefficient (Wildman–Crippen LogP) is 6.85. The molecule has 0 amide bonds. The molecule has 0 heterocycles. The molecule has 1 rings (SSSR count). The molecule has 0 saturated heterocycles. The minimum absolute atomic E-state index is 0.191. The van der Waals surface area contributed by atoms with Crippen LogP contribution in [0.3, 0.4) is 0 Å². The van der Waals surface area contributed by atoms with Crippen LogP contribution in [0, 0.1) is 17.8 Å². The number of hydrogen-bond acceptors (Lipinski definition) is 4. The molecule has 0 aliphatic heterocycles. The van der Waals surface area contributed by atoms with Gasteiger partial charge in [-0.05, 0) is 25.2 Å². The van der Waals surface area contributed by atoms with Gasteiger partial charge in [-0.15, -0.1) is 0 Å². The van der Waals surface area contributed by atoms with Crippen molar-refractivity contribution in [1.82, 2.24) is 0 Å². The second kappa shape index (κ2) is 16.7. The zero-order valence-electron chi connectivity index (χ0n) is 19.4. The smallest absolute Gasteiger partial charge is 0.309 e. The first kappa shape index (κ1) is 26.0. The SMILES string of the molecule is CCCCCCCCCCCCCOC(=O)C1CCCCC1C(=O)OCC(C)C. The number of carbonyl (C=O) groups excluding carboxylic acids is 2.